The van der Waals surface area contributed by atoms with E-state index in [2.05, 4.69) is 41.2 Å². The van der Waals surface area contributed by atoms with E-state index in [0.29, 0.717) is 11.7 Å². The van der Waals surface area contributed by atoms with Crippen LogP contribution in [0.1, 0.15) is 37.0 Å². The van der Waals surface area contributed by atoms with E-state index in [1.165, 1.54) is 0 Å². The minimum atomic E-state index is -0.205. The molecule has 0 aliphatic carbocycles. The van der Waals surface area contributed by atoms with Gasteiger partial charge in [-0.3, -0.25) is 9.89 Å². The summed E-state index contributed by atoms with van der Waals surface area (Å²) in [7, 11) is 0. The van der Waals surface area contributed by atoms with E-state index in [0.717, 1.165) is 23.6 Å². The van der Waals surface area contributed by atoms with Gasteiger partial charge in [-0.25, -0.2) is 0 Å². The van der Waals surface area contributed by atoms with E-state index in [9.17, 15) is 4.79 Å². The Hall–Kier alpha value is -2.30. The summed E-state index contributed by atoms with van der Waals surface area (Å²) in [6, 6.07) is 10.0. The molecule has 1 heterocycles. The van der Waals surface area contributed by atoms with Crippen LogP contribution in [0.15, 0.2) is 30.3 Å². The third-order valence-corrected chi connectivity index (χ3v) is 3.36. The van der Waals surface area contributed by atoms with Gasteiger partial charge in [-0.05, 0) is 58.0 Å². The zero-order valence-electron chi connectivity index (χ0n) is 13.0. The fraction of sp³-hybridized carbons (Fsp3) is 0.375. The summed E-state index contributed by atoms with van der Waals surface area (Å²) in [5.74, 6) is -0.205. The minimum Gasteiger partial charge on any atom is -0.369 e. The first-order valence-corrected chi connectivity index (χ1v) is 7.21. The number of carbonyl (C=O) groups is 1. The van der Waals surface area contributed by atoms with E-state index in [1.807, 2.05) is 31.2 Å². The SMILES string of the molecule is CCN(c1ccc(NC(=O)c2cc(C)[nH]n2)cc1)C(C)C. The van der Waals surface area contributed by atoms with E-state index in [-0.39, 0.29) is 5.91 Å². The zero-order valence-corrected chi connectivity index (χ0v) is 13.0. The number of benzene rings is 1. The number of nitrogens with one attached hydrogen (secondary N) is 2. The van der Waals surface area contributed by atoms with Crippen LogP contribution in [0.3, 0.4) is 0 Å². The van der Waals surface area contributed by atoms with Gasteiger partial charge < -0.3 is 10.2 Å². The maximum absolute atomic E-state index is 12.0. The number of amides is 1. The normalized spacial score (nSPS) is 10.7. The third-order valence-electron chi connectivity index (χ3n) is 3.36. The molecule has 5 nitrogen and oxygen atoms in total. The molecule has 2 aromatic rings. The Morgan fingerprint density at radius 3 is 2.48 bits per heavy atom. The topological polar surface area (TPSA) is 61.0 Å². The van der Waals surface area contributed by atoms with Crippen LogP contribution in [0, 0.1) is 6.92 Å². The Labute approximate surface area is 125 Å². The van der Waals surface area contributed by atoms with Crippen molar-refractivity contribution >= 4 is 17.3 Å². The number of aromatic amines is 1. The van der Waals surface area contributed by atoms with E-state index in [1.54, 1.807) is 6.07 Å². The highest BCUT2D eigenvalue weighted by molar-refractivity contribution is 6.02. The van der Waals surface area contributed by atoms with Crippen molar-refractivity contribution in [3.63, 3.8) is 0 Å². The van der Waals surface area contributed by atoms with Crippen LogP contribution in [-0.2, 0) is 0 Å². The molecule has 0 radical (unpaired) electrons. The molecule has 1 aromatic heterocycles. The minimum absolute atomic E-state index is 0.205. The fourth-order valence-electron chi connectivity index (χ4n) is 2.31. The lowest BCUT2D eigenvalue weighted by Gasteiger charge is -2.27. The smallest absolute Gasteiger partial charge is 0.276 e. The summed E-state index contributed by atoms with van der Waals surface area (Å²) in [6.45, 7) is 9.29. The number of nitrogens with zero attached hydrogens (tertiary/aromatic N) is 2. The van der Waals surface area contributed by atoms with Crippen molar-refractivity contribution in [2.75, 3.05) is 16.8 Å². The summed E-state index contributed by atoms with van der Waals surface area (Å²) in [4.78, 5) is 14.3. The lowest BCUT2D eigenvalue weighted by molar-refractivity contribution is 0.102. The van der Waals surface area contributed by atoms with E-state index >= 15 is 0 Å². The molecule has 0 unspecified atom stereocenters. The van der Waals surface area contributed by atoms with Crippen LogP contribution in [0.25, 0.3) is 0 Å². The van der Waals surface area contributed by atoms with Gasteiger partial charge in [0.2, 0.25) is 0 Å². The summed E-state index contributed by atoms with van der Waals surface area (Å²) in [5, 5.41) is 9.56. The second kappa shape index (κ2) is 6.43. The molecule has 0 fully saturated rings. The molecule has 2 N–H and O–H groups in total. The molecule has 1 aromatic carbocycles. The molecule has 0 bridgehead atoms. The van der Waals surface area contributed by atoms with Crippen LogP contribution >= 0.6 is 0 Å². The van der Waals surface area contributed by atoms with Gasteiger partial charge in [-0.15, -0.1) is 0 Å². The number of hydrogen-bond donors (Lipinski definition) is 2. The van der Waals surface area contributed by atoms with Crippen molar-refractivity contribution in [3.8, 4) is 0 Å². The predicted molar refractivity (Wildman–Crippen MR) is 85.9 cm³/mol. The Morgan fingerprint density at radius 1 is 1.33 bits per heavy atom. The number of H-pyrrole nitrogens is 1. The van der Waals surface area contributed by atoms with E-state index < -0.39 is 0 Å². The van der Waals surface area contributed by atoms with Gasteiger partial charge in [-0.1, -0.05) is 0 Å². The maximum atomic E-state index is 12.0. The molecule has 2 rings (SSSR count). The van der Waals surface area contributed by atoms with Gasteiger partial charge >= 0.3 is 0 Å². The first-order chi connectivity index (χ1) is 10.0. The first-order valence-electron chi connectivity index (χ1n) is 7.21. The standard InChI is InChI=1S/C16H22N4O/c1-5-20(11(2)3)14-8-6-13(7-9-14)17-16(21)15-10-12(4)18-19-15/h6-11H,5H2,1-4H3,(H,17,21)(H,18,19). The Balaban J connectivity index is 2.07. The lowest BCUT2D eigenvalue weighted by Crippen LogP contribution is -2.30. The number of aromatic nitrogens is 2. The van der Waals surface area contributed by atoms with Gasteiger partial charge in [0.25, 0.3) is 5.91 Å². The molecular formula is C16H22N4O. The Morgan fingerprint density at radius 2 is 2.00 bits per heavy atom. The highest BCUT2D eigenvalue weighted by Crippen LogP contribution is 2.20. The summed E-state index contributed by atoms with van der Waals surface area (Å²) in [6.07, 6.45) is 0. The molecule has 1 amide bonds. The van der Waals surface area contributed by atoms with Gasteiger partial charge in [-0.2, -0.15) is 5.10 Å². The molecule has 0 saturated carbocycles. The first kappa shape index (κ1) is 15.1. The molecule has 21 heavy (non-hydrogen) atoms. The van der Waals surface area contributed by atoms with Crippen molar-refractivity contribution in [2.45, 2.75) is 33.7 Å². The molecular weight excluding hydrogens is 264 g/mol. The molecule has 0 spiro atoms. The lowest BCUT2D eigenvalue weighted by atomic mass is 10.2. The van der Waals surface area contributed by atoms with Gasteiger partial charge in [0.1, 0.15) is 0 Å². The molecule has 0 atom stereocenters. The second-order valence-electron chi connectivity index (χ2n) is 5.32. The van der Waals surface area contributed by atoms with Crippen LogP contribution in [0.5, 0.6) is 0 Å². The van der Waals surface area contributed by atoms with Crippen molar-refractivity contribution in [1.82, 2.24) is 10.2 Å². The summed E-state index contributed by atoms with van der Waals surface area (Å²) < 4.78 is 0. The molecule has 112 valence electrons. The van der Waals surface area contributed by atoms with Crippen LogP contribution in [-0.4, -0.2) is 28.7 Å². The maximum Gasteiger partial charge on any atom is 0.276 e. The number of anilines is 2. The quantitative estimate of drug-likeness (QED) is 0.887. The Bertz CT molecular complexity index is 601. The molecule has 0 saturated heterocycles. The molecule has 5 heteroatoms. The zero-order chi connectivity index (χ0) is 15.4. The van der Waals surface area contributed by atoms with Gasteiger partial charge in [0, 0.05) is 29.7 Å². The fourth-order valence-corrected chi connectivity index (χ4v) is 2.31. The average molecular weight is 286 g/mol. The number of rotatable bonds is 5. The number of carbonyl (C=O) groups excluding carboxylic acids is 1. The Kier molecular flexibility index (Phi) is 4.62. The van der Waals surface area contributed by atoms with Crippen molar-refractivity contribution in [3.05, 3.63) is 41.7 Å². The highest BCUT2D eigenvalue weighted by Gasteiger charge is 2.11. The summed E-state index contributed by atoms with van der Waals surface area (Å²) in [5.41, 5.74) is 3.19. The van der Waals surface area contributed by atoms with E-state index in [4.69, 9.17) is 0 Å². The van der Waals surface area contributed by atoms with Gasteiger partial charge in [0.15, 0.2) is 5.69 Å². The van der Waals surface area contributed by atoms with Crippen LogP contribution < -0.4 is 10.2 Å². The average Bonchev–Trinajstić information content (AvgIpc) is 2.88. The highest BCUT2D eigenvalue weighted by atomic mass is 16.1. The molecule has 0 aliphatic heterocycles. The summed E-state index contributed by atoms with van der Waals surface area (Å²) >= 11 is 0. The van der Waals surface area contributed by atoms with Crippen LogP contribution in [0.4, 0.5) is 11.4 Å². The largest absolute Gasteiger partial charge is 0.369 e. The predicted octanol–water partition coefficient (Wildman–Crippen LogP) is 3.21. The van der Waals surface area contributed by atoms with Crippen molar-refractivity contribution in [2.24, 2.45) is 0 Å². The monoisotopic (exact) mass is 286 g/mol. The van der Waals surface area contributed by atoms with Crippen LogP contribution in [0.2, 0.25) is 0 Å². The number of aryl methyl sites for hydroxylation is 1. The molecule has 0 aliphatic rings. The van der Waals surface area contributed by atoms with Crippen molar-refractivity contribution < 1.29 is 4.79 Å². The second-order valence-corrected chi connectivity index (χ2v) is 5.32. The van der Waals surface area contributed by atoms with Gasteiger partial charge in [0.05, 0.1) is 0 Å². The number of hydrogen-bond acceptors (Lipinski definition) is 3. The third kappa shape index (κ3) is 3.62. The van der Waals surface area contributed by atoms with Crippen molar-refractivity contribution in [1.29, 1.82) is 0 Å².